The Hall–Kier alpha value is -5.14. The molecule has 1 rings (SSSR count). The van der Waals surface area contributed by atoms with Gasteiger partial charge in [-0.05, 0) is 109 Å². The summed E-state index contributed by atoms with van der Waals surface area (Å²) in [7, 11) is 0. The molecule has 0 aliphatic carbocycles. The van der Waals surface area contributed by atoms with Gasteiger partial charge in [-0.25, -0.2) is 4.79 Å². The van der Waals surface area contributed by atoms with E-state index in [4.69, 9.17) is 23.7 Å². The van der Waals surface area contributed by atoms with Crippen molar-refractivity contribution in [2.24, 2.45) is 0 Å². The Labute approximate surface area is 451 Å². The number of ether oxygens (including phenoxy) is 5. The fraction of sp³-hybridized carbons (Fsp3) is 0.587. The number of hydrogen-bond acceptors (Lipinski definition) is 11. The molecule has 0 aromatic heterocycles. The molecule has 1 heterocycles. The zero-order chi connectivity index (χ0) is 54.7. The van der Waals surface area contributed by atoms with Gasteiger partial charge in [-0.1, -0.05) is 193 Å². The lowest BCUT2D eigenvalue weighted by Gasteiger charge is -2.40. The maximum Gasteiger partial charge on any atom is 0.335 e. The van der Waals surface area contributed by atoms with E-state index in [9.17, 15) is 34.5 Å². The van der Waals surface area contributed by atoms with Gasteiger partial charge in [0.05, 0.1) is 13.0 Å². The van der Waals surface area contributed by atoms with Crippen molar-refractivity contribution in [2.75, 3.05) is 13.2 Å². The average molecular weight is 1050 g/mol. The summed E-state index contributed by atoms with van der Waals surface area (Å²) < 4.78 is 28.2. The van der Waals surface area contributed by atoms with E-state index in [-0.39, 0.29) is 25.9 Å². The normalized spacial score (nSPS) is 19.2. The highest BCUT2D eigenvalue weighted by atomic mass is 16.7. The van der Waals surface area contributed by atoms with Gasteiger partial charge < -0.3 is 39.0 Å². The van der Waals surface area contributed by atoms with Crippen LogP contribution in [0.15, 0.2) is 134 Å². The molecule has 3 N–H and O–H groups in total. The molecule has 0 amide bonds. The number of carboxylic acid groups (broad SMARTS) is 1. The predicted molar refractivity (Wildman–Crippen MR) is 303 cm³/mol. The van der Waals surface area contributed by atoms with Gasteiger partial charge in [0.25, 0.3) is 0 Å². The van der Waals surface area contributed by atoms with Crippen molar-refractivity contribution in [2.45, 2.75) is 225 Å². The number of rotatable bonds is 45. The number of allylic oxidation sites excluding steroid dienone is 21. The highest BCUT2D eigenvalue weighted by Crippen LogP contribution is 2.26. The summed E-state index contributed by atoms with van der Waals surface area (Å²) in [6.07, 6.45) is 57.4. The first-order valence-corrected chi connectivity index (χ1v) is 28.2. The van der Waals surface area contributed by atoms with Crippen molar-refractivity contribution in [1.82, 2.24) is 0 Å². The highest BCUT2D eigenvalue weighted by molar-refractivity contribution is 5.74. The first kappa shape index (κ1) is 67.9. The van der Waals surface area contributed by atoms with Gasteiger partial charge in [0.1, 0.15) is 18.8 Å². The molecule has 0 saturated carbocycles. The Morgan fingerprint density at radius 2 is 0.840 bits per heavy atom. The van der Waals surface area contributed by atoms with E-state index in [2.05, 4.69) is 130 Å². The number of aliphatic carboxylic acids is 1. The predicted octanol–water partition coefficient (Wildman–Crippen LogP) is 14.2. The van der Waals surface area contributed by atoms with Crippen molar-refractivity contribution in [3.8, 4) is 0 Å². The average Bonchev–Trinajstić information content (AvgIpc) is 3.39. The summed E-state index contributed by atoms with van der Waals surface area (Å²) in [5.74, 6) is -3.37. The Bertz CT molecular complexity index is 1810. The van der Waals surface area contributed by atoms with Crippen LogP contribution in [0, 0.1) is 0 Å². The second kappa shape index (κ2) is 49.7. The number of aliphatic hydroxyl groups excluding tert-OH is 2. The lowest BCUT2D eigenvalue weighted by molar-refractivity contribution is -0.301. The largest absolute Gasteiger partial charge is 0.479 e. The monoisotopic (exact) mass is 1040 g/mol. The fourth-order valence-corrected chi connectivity index (χ4v) is 7.53. The van der Waals surface area contributed by atoms with Crippen molar-refractivity contribution in [3.63, 3.8) is 0 Å². The number of carboxylic acids is 1. The third-order valence-electron chi connectivity index (χ3n) is 11.7. The number of carbonyl (C=O) groups excluding carboxylic acids is 3. The van der Waals surface area contributed by atoms with Crippen LogP contribution in [-0.2, 0) is 42.9 Å². The Morgan fingerprint density at radius 3 is 1.29 bits per heavy atom. The molecule has 420 valence electrons. The van der Waals surface area contributed by atoms with Crippen LogP contribution in [0.1, 0.15) is 188 Å². The van der Waals surface area contributed by atoms with E-state index in [1.165, 1.54) is 0 Å². The lowest BCUT2D eigenvalue weighted by Crippen LogP contribution is -2.61. The second-order valence-electron chi connectivity index (χ2n) is 18.4. The van der Waals surface area contributed by atoms with E-state index in [1.54, 1.807) is 6.08 Å². The van der Waals surface area contributed by atoms with Gasteiger partial charge in [0, 0.05) is 12.8 Å². The number of unbranched alkanes of at least 4 members (excludes halogenated alkanes) is 10. The number of carbonyl (C=O) groups is 4. The van der Waals surface area contributed by atoms with Crippen LogP contribution in [0.25, 0.3) is 0 Å². The molecule has 1 fully saturated rings. The number of hydrogen-bond donors (Lipinski definition) is 3. The fourth-order valence-electron chi connectivity index (χ4n) is 7.53. The summed E-state index contributed by atoms with van der Waals surface area (Å²) in [5, 5.41) is 31.4. The SMILES string of the molecule is CC/C=C\C/C=C\C/C=C\C/C=C\C/C=C\CC(=O)OC(COC(=O)CCCCCCCCC/C=C\C/C=C\C/C=C\CC)COC1OC(C(=O)O)C(O)C(O)C1OC(=O)CCCCC/C=C\C/C=C\C/C=C\CC. The molecular formula is C63H96O12. The molecule has 12 nitrogen and oxygen atoms in total. The number of aliphatic hydroxyl groups is 2. The number of esters is 3. The van der Waals surface area contributed by atoms with Crippen LogP contribution in [0.3, 0.4) is 0 Å². The zero-order valence-electron chi connectivity index (χ0n) is 46.0. The van der Waals surface area contributed by atoms with E-state index in [0.717, 1.165) is 128 Å². The van der Waals surface area contributed by atoms with Crippen LogP contribution in [0.4, 0.5) is 0 Å². The smallest absolute Gasteiger partial charge is 0.335 e. The second-order valence-corrected chi connectivity index (χ2v) is 18.4. The Balaban J connectivity index is 2.79. The third-order valence-corrected chi connectivity index (χ3v) is 11.7. The maximum atomic E-state index is 13.1. The van der Waals surface area contributed by atoms with Gasteiger partial charge in [-0.3, -0.25) is 14.4 Å². The van der Waals surface area contributed by atoms with Crippen LogP contribution >= 0.6 is 0 Å². The third kappa shape index (κ3) is 39.9. The molecular weight excluding hydrogens is 949 g/mol. The Morgan fingerprint density at radius 1 is 0.453 bits per heavy atom. The molecule has 0 bridgehead atoms. The molecule has 0 spiro atoms. The van der Waals surface area contributed by atoms with Gasteiger partial charge in [-0.15, -0.1) is 0 Å². The maximum absolute atomic E-state index is 13.1. The van der Waals surface area contributed by atoms with E-state index in [1.807, 2.05) is 18.2 Å². The molecule has 1 aliphatic rings. The highest BCUT2D eigenvalue weighted by Gasteiger charge is 2.50. The zero-order valence-corrected chi connectivity index (χ0v) is 46.0. The standard InChI is InChI=1S/C63H96O12/c1-4-7-10-13-16-19-22-25-27-28-30-32-34-37-40-43-46-49-55(64)71-52-54(73-56(65)50-47-44-41-38-36-33-29-26-23-20-17-14-11-8-5-2)53-72-63-61(59(68)58(67)60(75-63)62(69)70)74-57(66)51-48-45-42-39-35-31-24-21-18-15-12-9-6-3/h7-12,16-21,25-27,29,31,35-36,38,44,47,54,58-61,63,67-68H,4-6,13-15,22-24,28,30,32-34,37,39-43,45-46,48-53H2,1-3H3,(H,69,70)/b10-7-,11-8-,12-9-,19-16-,20-17-,21-18-,27-25-,29-26-,35-31-,38-36-,47-44-. The molecule has 1 aliphatic heterocycles. The minimum absolute atomic E-state index is 0.00630. The van der Waals surface area contributed by atoms with Crippen LogP contribution in [-0.4, -0.2) is 89.2 Å². The van der Waals surface area contributed by atoms with E-state index in [0.29, 0.717) is 19.3 Å². The minimum atomic E-state index is -1.93. The lowest BCUT2D eigenvalue weighted by atomic mass is 9.98. The molecule has 6 unspecified atom stereocenters. The van der Waals surface area contributed by atoms with Crippen molar-refractivity contribution in [3.05, 3.63) is 134 Å². The molecule has 0 aromatic carbocycles. The van der Waals surface area contributed by atoms with Gasteiger partial charge in [-0.2, -0.15) is 0 Å². The quantitative estimate of drug-likeness (QED) is 0.0228. The molecule has 75 heavy (non-hydrogen) atoms. The summed E-state index contributed by atoms with van der Waals surface area (Å²) in [5.41, 5.74) is 0. The topological polar surface area (TPSA) is 175 Å². The van der Waals surface area contributed by atoms with E-state index < -0.39 is 67.3 Å². The van der Waals surface area contributed by atoms with Crippen molar-refractivity contribution < 1.29 is 58.2 Å². The van der Waals surface area contributed by atoms with Crippen LogP contribution < -0.4 is 0 Å². The first-order chi connectivity index (χ1) is 36.6. The molecule has 0 aromatic rings. The molecule has 12 heteroatoms. The summed E-state index contributed by atoms with van der Waals surface area (Å²) in [6.45, 7) is 5.52. The van der Waals surface area contributed by atoms with Crippen molar-refractivity contribution in [1.29, 1.82) is 0 Å². The van der Waals surface area contributed by atoms with Crippen LogP contribution in [0.5, 0.6) is 0 Å². The summed E-state index contributed by atoms with van der Waals surface area (Å²) in [4.78, 5) is 51.0. The Kier molecular flexibility index (Phi) is 45.0. The van der Waals surface area contributed by atoms with Gasteiger partial charge in [0.15, 0.2) is 24.6 Å². The van der Waals surface area contributed by atoms with E-state index >= 15 is 0 Å². The van der Waals surface area contributed by atoms with Gasteiger partial charge >= 0.3 is 23.9 Å². The first-order valence-electron chi connectivity index (χ1n) is 28.2. The molecule has 6 atom stereocenters. The molecule has 0 radical (unpaired) electrons. The molecule has 1 saturated heterocycles. The summed E-state index contributed by atoms with van der Waals surface area (Å²) >= 11 is 0. The summed E-state index contributed by atoms with van der Waals surface area (Å²) in [6, 6.07) is 0. The van der Waals surface area contributed by atoms with Gasteiger partial charge in [0.2, 0.25) is 0 Å². The minimum Gasteiger partial charge on any atom is -0.479 e. The van der Waals surface area contributed by atoms with Crippen molar-refractivity contribution >= 4 is 23.9 Å². The van der Waals surface area contributed by atoms with Crippen LogP contribution in [0.2, 0.25) is 0 Å².